The maximum atomic E-state index is 10.9. The van der Waals surface area contributed by atoms with Gasteiger partial charge in [-0.15, -0.1) is 0 Å². The molecule has 0 saturated carbocycles. The maximum Gasteiger partial charge on any atom is 0.338 e. The normalized spacial score (nSPS) is 8.67. The Balaban J connectivity index is 2.94. The summed E-state index contributed by atoms with van der Waals surface area (Å²) in [5.41, 5.74) is 0.805. The molecule has 12 heavy (non-hydrogen) atoms. The Morgan fingerprint density at radius 1 is 1.67 bits per heavy atom. The molecule has 0 aliphatic heterocycles. The summed E-state index contributed by atoms with van der Waals surface area (Å²) in [6, 6.07) is 9.07. The third kappa shape index (κ3) is 1.61. The van der Waals surface area contributed by atoms with E-state index in [1.54, 1.807) is 6.07 Å². The number of rotatable bonds is 1. The molecule has 59 valence electrons. The minimum Gasteiger partial charge on any atom is -0.465 e. The predicted molar refractivity (Wildman–Crippen MR) is 41.3 cm³/mol. The van der Waals surface area contributed by atoms with E-state index in [1.807, 2.05) is 6.07 Å². The van der Waals surface area contributed by atoms with Gasteiger partial charge in [-0.2, -0.15) is 5.26 Å². The summed E-state index contributed by atoms with van der Waals surface area (Å²) >= 11 is 0. The van der Waals surface area contributed by atoms with Crippen LogP contribution in [-0.4, -0.2) is 13.1 Å². The van der Waals surface area contributed by atoms with E-state index in [1.165, 1.54) is 19.2 Å². The Bertz CT molecular complexity index is 321. The largest absolute Gasteiger partial charge is 0.465 e. The molecule has 0 N–H and O–H groups in total. The number of nitriles is 1. The van der Waals surface area contributed by atoms with Crippen molar-refractivity contribution < 1.29 is 9.53 Å². The summed E-state index contributed by atoms with van der Waals surface area (Å²) in [6.45, 7) is 0. The molecule has 3 heteroatoms. The quantitative estimate of drug-likeness (QED) is 0.579. The minimum absolute atomic E-state index is 0.330. The highest BCUT2D eigenvalue weighted by Crippen LogP contribution is 2.03. The molecule has 1 aromatic carbocycles. The average Bonchev–Trinajstić information content (AvgIpc) is 2.17. The number of methoxy groups -OCH3 is 1. The second-order valence-corrected chi connectivity index (χ2v) is 2.09. The van der Waals surface area contributed by atoms with Crippen molar-refractivity contribution in [3.8, 4) is 6.07 Å². The van der Waals surface area contributed by atoms with Crippen molar-refractivity contribution in [3.63, 3.8) is 0 Å². The molecule has 1 aromatic rings. The monoisotopic (exact) mass is 160 g/mol. The van der Waals surface area contributed by atoms with Gasteiger partial charge in [0.25, 0.3) is 0 Å². The Labute approximate surface area is 70.2 Å². The molecule has 3 nitrogen and oxygen atoms in total. The number of hydrogen-bond donors (Lipinski definition) is 0. The number of carbonyl (C=O) groups is 1. The van der Waals surface area contributed by atoms with Crippen LogP contribution < -0.4 is 0 Å². The van der Waals surface area contributed by atoms with Gasteiger partial charge in [0.1, 0.15) is 0 Å². The first-order valence-electron chi connectivity index (χ1n) is 3.28. The van der Waals surface area contributed by atoms with Gasteiger partial charge in [0.15, 0.2) is 0 Å². The zero-order chi connectivity index (χ0) is 8.97. The molecule has 0 atom stereocenters. The van der Waals surface area contributed by atoms with Crippen LogP contribution in [-0.2, 0) is 4.74 Å². The zero-order valence-corrected chi connectivity index (χ0v) is 6.50. The van der Waals surface area contributed by atoms with Gasteiger partial charge in [-0.25, -0.2) is 4.79 Å². The van der Waals surface area contributed by atoms with Gasteiger partial charge in [0, 0.05) is 0 Å². The lowest BCUT2D eigenvalue weighted by Gasteiger charge is -1.96. The van der Waals surface area contributed by atoms with Gasteiger partial charge in [-0.1, -0.05) is 0 Å². The van der Waals surface area contributed by atoms with Crippen molar-refractivity contribution >= 4 is 5.97 Å². The molecule has 0 unspecified atom stereocenters. The van der Waals surface area contributed by atoms with Gasteiger partial charge in [0.2, 0.25) is 0 Å². The highest BCUT2D eigenvalue weighted by molar-refractivity contribution is 5.89. The summed E-state index contributed by atoms with van der Waals surface area (Å²) < 4.78 is 4.46. The molecule has 0 amide bonds. The van der Waals surface area contributed by atoms with Crippen molar-refractivity contribution in [1.29, 1.82) is 5.26 Å². The Kier molecular flexibility index (Phi) is 2.44. The molecule has 0 fully saturated rings. The second-order valence-electron chi connectivity index (χ2n) is 2.09. The van der Waals surface area contributed by atoms with Gasteiger partial charge >= 0.3 is 5.97 Å². The Morgan fingerprint density at radius 3 is 2.83 bits per heavy atom. The molecule has 1 rings (SSSR count). The Morgan fingerprint density at radius 2 is 2.42 bits per heavy atom. The van der Waals surface area contributed by atoms with Gasteiger partial charge in [0.05, 0.1) is 24.3 Å². The molecule has 0 saturated heterocycles. The lowest BCUT2D eigenvalue weighted by molar-refractivity contribution is 0.0600. The van der Waals surface area contributed by atoms with Crippen molar-refractivity contribution in [2.24, 2.45) is 0 Å². The fourth-order valence-corrected chi connectivity index (χ4v) is 0.731. The van der Waals surface area contributed by atoms with Crippen molar-refractivity contribution in [1.82, 2.24) is 0 Å². The number of hydrogen-bond acceptors (Lipinski definition) is 3. The predicted octanol–water partition coefficient (Wildman–Crippen LogP) is 1.15. The average molecular weight is 160 g/mol. The summed E-state index contributed by atoms with van der Waals surface area (Å²) in [5, 5.41) is 8.44. The number of esters is 1. The van der Waals surface area contributed by atoms with Crippen molar-refractivity contribution in [3.05, 3.63) is 35.4 Å². The van der Waals surface area contributed by atoms with E-state index in [2.05, 4.69) is 10.8 Å². The van der Waals surface area contributed by atoms with Crippen LogP contribution in [0, 0.1) is 17.4 Å². The summed E-state index contributed by atoms with van der Waals surface area (Å²) in [7, 11) is 1.30. The first-order chi connectivity index (χ1) is 5.77. The smallest absolute Gasteiger partial charge is 0.338 e. The van der Waals surface area contributed by atoms with Crippen LogP contribution in [0.1, 0.15) is 15.9 Å². The molecular weight excluding hydrogens is 154 g/mol. The SMILES string of the molecule is COC(=O)c1[c]cc(C#N)cc1. The van der Waals surface area contributed by atoms with E-state index in [0.717, 1.165) is 0 Å². The topological polar surface area (TPSA) is 50.1 Å². The number of ether oxygens (including phenoxy) is 1. The fourth-order valence-electron chi connectivity index (χ4n) is 0.731. The van der Waals surface area contributed by atoms with E-state index >= 15 is 0 Å². The van der Waals surface area contributed by atoms with Crippen molar-refractivity contribution in [2.75, 3.05) is 7.11 Å². The first-order valence-corrected chi connectivity index (χ1v) is 3.28. The molecule has 0 heterocycles. The van der Waals surface area contributed by atoms with Crippen LogP contribution in [0.3, 0.4) is 0 Å². The van der Waals surface area contributed by atoms with Crippen LogP contribution in [0.4, 0.5) is 0 Å². The molecule has 0 bridgehead atoms. The van der Waals surface area contributed by atoms with E-state index < -0.39 is 5.97 Å². The summed E-state index contributed by atoms with van der Waals surface area (Å²) in [4.78, 5) is 10.9. The lowest BCUT2D eigenvalue weighted by atomic mass is 10.1. The zero-order valence-electron chi connectivity index (χ0n) is 6.50. The molecule has 0 aromatic heterocycles. The van der Waals surface area contributed by atoms with Gasteiger partial charge in [-0.05, 0) is 24.3 Å². The fraction of sp³-hybridized carbons (Fsp3) is 0.111. The van der Waals surface area contributed by atoms with Gasteiger partial charge < -0.3 is 4.74 Å². The lowest BCUT2D eigenvalue weighted by Crippen LogP contribution is -2.00. The third-order valence-electron chi connectivity index (χ3n) is 1.35. The number of benzene rings is 1. The molecule has 1 radical (unpaired) electrons. The van der Waals surface area contributed by atoms with Crippen LogP contribution >= 0.6 is 0 Å². The molecule has 0 aliphatic carbocycles. The summed E-state index contributed by atoms with van der Waals surface area (Å²) in [6.07, 6.45) is 0. The minimum atomic E-state index is -0.445. The number of carbonyl (C=O) groups excluding carboxylic acids is 1. The van der Waals surface area contributed by atoms with E-state index in [-0.39, 0.29) is 0 Å². The number of nitrogens with zero attached hydrogens (tertiary/aromatic N) is 1. The van der Waals surface area contributed by atoms with Crippen molar-refractivity contribution in [2.45, 2.75) is 0 Å². The van der Waals surface area contributed by atoms with E-state index in [0.29, 0.717) is 11.1 Å². The van der Waals surface area contributed by atoms with Crippen LogP contribution in [0.5, 0.6) is 0 Å². The molecule has 0 aliphatic rings. The van der Waals surface area contributed by atoms with E-state index in [4.69, 9.17) is 5.26 Å². The van der Waals surface area contributed by atoms with E-state index in [9.17, 15) is 4.79 Å². The summed E-state index contributed by atoms with van der Waals surface area (Å²) in [5.74, 6) is -0.445. The highest BCUT2D eigenvalue weighted by atomic mass is 16.5. The standard InChI is InChI=1S/C9H6NO2/c1-12-9(11)8-4-2-7(6-10)3-5-8/h2-4H,1H3. The Hall–Kier alpha value is -1.82. The second kappa shape index (κ2) is 3.54. The van der Waals surface area contributed by atoms with Crippen LogP contribution in [0.15, 0.2) is 18.2 Å². The maximum absolute atomic E-state index is 10.9. The molecular formula is C9H6NO2. The van der Waals surface area contributed by atoms with Gasteiger partial charge in [-0.3, -0.25) is 0 Å². The first kappa shape index (κ1) is 8.28. The van der Waals surface area contributed by atoms with Crippen LogP contribution in [0.2, 0.25) is 0 Å². The third-order valence-corrected chi connectivity index (χ3v) is 1.35. The highest BCUT2D eigenvalue weighted by Gasteiger charge is 2.03. The van der Waals surface area contributed by atoms with Crippen LogP contribution in [0.25, 0.3) is 0 Å². The molecule has 0 spiro atoms.